The Morgan fingerprint density at radius 2 is 1.04 bits per heavy atom. The summed E-state index contributed by atoms with van der Waals surface area (Å²) in [6.45, 7) is 2.08. The molecule has 0 fully saturated rings. The van der Waals surface area contributed by atoms with E-state index in [-0.39, 0.29) is 0 Å². The van der Waals surface area contributed by atoms with Crippen LogP contribution in [-0.2, 0) is 0 Å². The quantitative estimate of drug-likeness (QED) is 0.435. The molecular formula is C25H20N2. The number of aromatic nitrogens is 2. The summed E-state index contributed by atoms with van der Waals surface area (Å²) < 4.78 is 0. The van der Waals surface area contributed by atoms with Crippen molar-refractivity contribution in [3.63, 3.8) is 0 Å². The van der Waals surface area contributed by atoms with Crippen molar-refractivity contribution in [3.05, 3.63) is 115 Å². The molecule has 0 aliphatic heterocycles. The number of hydrogen-bond donors (Lipinski definition) is 0. The monoisotopic (exact) mass is 348 g/mol. The molecule has 0 amide bonds. The van der Waals surface area contributed by atoms with Crippen LogP contribution in [0.2, 0.25) is 0 Å². The van der Waals surface area contributed by atoms with Crippen molar-refractivity contribution < 1.29 is 0 Å². The average molecular weight is 348 g/mol. The summed E-state index contributed by atoms with van der Waals surface area (Å²) in [5.74, 6) is 0. The lowest BCUT2D eigenvalue weighted by Gasteiger charge is -2.10. The highest BCUT2D eigenvalue weighted by atomic mass is 14.7. The molecule has 4 aromatic rings. The predicted octanol–water partition coefficient (Wildman–Crippen LogP) is 6.26. The van der Waals surface area contributed by atoms with E-state index in [0.29, 0.717) is 0 Å². The molecule has 2 aromatic heterocycles. The van der Waals surface area contributed by atoms with Crippen molar-refractivity contribution in [2.24, 2.45) is 0 Å². The first-order valence-corrected chi connectivity index (χ1v) is 9.05. The second-order valence-electron chi connectivity index (χ2n) is 6.29. The van der Waals surface area contributed by atoms with Gasteiger partial charge in [0.2, 0.25) is 0 Å². The van der Waals surface area contributed by atoms with Crippen molar-refractivity contribution in [2.45, 2.75) is 6.92 Å². The number of allylic oxidation sites excluding steroid dienone is 1. The lowest BCUT2D eigenvalue weighted by Crippen LogP contribution is -1.90. The van der Waals surface area contributed by atoms with Gasteiger partial charge in [-0.25, -0.2) is 0 Å². The van der Waals surface area contributed by atoms with E-state index < -0.39 is 0 Å². The number of pyridine rings is 2. The zero-order valence-electron chi connectivity index (χ0n) is 15.2. The van der Waals surface area contributed by atoms with Crippen LogP contribution in [0.3, 0.4) is 0 Å². The van der Waals surface area contributed by atoms with Crippen molar-refractivity contribution in [1.82, 2.24) is 9.97 Å². The molecule has 0 saturated carbocycles. The van der Waals surface area contributed by atoms with E-state index in [4.69, 9.17) is 0 Å². The van der Waals surface area contributed by atoms with Crippen LogP contribution in [0, 0.1) is 0 Å². The maximum absolute atomic E-state index is 4.42. The normalized spacial score (nSPS) is 10.4. The lowest BCUT2D eigenvalue weighted by molar-refractivity contribution is 1.32. The summed E-state index contributed by atoms with van der Waals surface area (Å²) in [4.78, 5) is 8.84. The Hall–Kier alpha value is -3.52. The second-order valence-corrected chi connectivity index (χ2v) is 6.29. The largest absolute Gasteiger partial charge is 0.256 e. The maximum atomic E-state index is 4.42. The van der Waals surface area contributed by atoms with Gasteiger partial charge in [-0.3, -0.25) is 9.97 Å². The van der Waals surface area contributed by atoms with Gasteiger partial charge in [0.05, 0.1) is 11.4 Å². The summed E-state index contributed by atoms with van der Waals surface area (Å²) in [5, 5.41) is 0. The van der Waals surface area contributed by atoms with Crippen LogP contribution in [0.1, 0.15) is 18.1 Å². The van der Waals surface area contributed by atoms with E-state index in [9.17, 15) is 0 Å². The van der Waals surface area contributed by atoms with Crippen LogP contribution < -0.4 is 0 Å². The van der Waals surface area contributed by atoms with E-state index >= 15 is 0 Å². The molecule has 0 radical (unpaired) electrons. The van der Waals surface area contributed by atoms with E-state index in [1.54, 1.807) is 0 Å². The minimum Gasteiger partial charge on any atom is -0.256 e. The predicted molar refractivity (Wildman–Crippen MR) is 112 cm³/mol. The first-order chi connectivity index (χ1) is 13.3. The summed E-state index contributed by atoms with van der Waals surface area (Å²) in [6, 6.07) is 29.1. The fourth-order valence-corrected chi connectivity index (χ4v) is 3.21. The Kier molecular flexibility index (Phi) is 4.88. The molecule has 2 aromatic carbocycles. The molecule has 4 rings (SSSR count). The minimum atomic E-state index is 0.991. The summed E-state index contributed by atoms with van der Waals surface area (Å²) >= 11 is 0. The number of benzene rings is 2. The van der Waals surface area contributed by atoms with Gasteiger partial charge in [0.1, 0.15) is 0 Å². The van der Waals surface area contributed by atoms with Crippen LogP contribution in [0.5, 0.6) is 0 Å². The van der Waals surface area contributed by atoms with Crippen LogP contribution in [0.4, 0.5) is 0 Å². The van der Waals surface area contributed by atoms with Gasteiger partial charge in [0, 0.05) is 23.5 Å². The molecule has 2 nitrogen and oxygen atoms in total. The summed E-state index contributed by atoms with van der Waals surface area (Å²) in [6.07, 6.45) is 5.80. The van der Waals surface area contributed by atoms with E-state index in [1.807, 2.05) is 48.8 Å². The van der Waals surface area contributed by atoms with Crippen LogP contribution in [0.25, 0.3) is 28.1 Å². The van der Waals surface area contributed by atoms with Gasteiger partial charge in [-0.05, 0) is 47.9 Å². The maximum Gasteiger partial charge on any atom is 0.0701 e. The molecule has 0 atom stereocenters. The van der Waals surface area contributed by atoms with Gasteiger partial charge in [-0.1, -0.05) is 66.7 Å². The highest BCUT2D eigenvalue weighted by molar-refractivity contribution is 5.81. The number of nitrogens with zero attached hydrogens (tertiary/aromatic N) is 2. The topological polar surface area (TPSA) is 25.8 Å². The number of rotatable bonds is 4. The van der Waals surface area contributed by atoms with Crippen LogP contribution in [0.15, 0.2) is 103 Å². The highest BCUT2D eigenvalue weighted by Gasteiger charge is 2.06. The first-order valence-electron chi connectivity index (χ1n) is 9.05. The summed E-state index contributed by atoms with van der Waals surface area (Å²) in [5.41, 5.74) is 7.85. The van der Waals surface area contributed by atoms with Gasteiger partial charge in [0.25, 0.3) is 0 Å². The Bertz CT molecular complexity index is 948. The van der Waals surface area contributed by atoms with Gasteiger partial charge in [-0.2, -0.15) is 0 Å². The smallest absolute Gasteiger partial charge is 0.0701 e. The van der Waals surface area contributed by atoms with Crippen molar-refractivity contribution in [3.8, 4) is 22.5 Å². The number of hydrogen-bond acceptors (Lipinski definition) is 2. The zero-order chi connectivity index (χ0) is 18.5. The Morgan fingerprint density at radius 3 is 1.37 bits per heavy atom. The molecule has 27 heavy (non-hydrogen) atoms. The summed E-state index contributed by atoms with van der Waals surface area (Å²) in [7, 11) is 0. The molecule has 0 bridgehead atoms. The van der Waals surface area contributed by atoms with Crippen molar-refractivity contribution in [2.75, 3.05) is 0 Å². The van der Waals surface area contributed by atoms with Gasteiger partial charge in [0.15, 0.2) is 0 Å². The van der Waals surface area contributed by atoms with Gasteiger partial charge < -0.3 is 0 Å². The average Bonchev–Trinajstić information content (AvgIpc) is 2.76. The third kappa shape index (κ3) is 3.70. The van der Waals surface area contributed by atoms with Crippen molar-refractivity contribution >= 4 is 5.57 Å². The second kappa shape index (κ2) is 7.79. The third-order valence-electron chi connectivity index (χ3n) is 4.60. The molecule has 130 valence electrons. The van der Waals surface area contributed by atoms with E-state index in [0.717, 1.165) is 22.5 Å². The Balaban J connectivity index is 1.61. The molecule has 0 saturated heterocycles. The minimum absolute atomic E-state index is 0.991. The SMILES string of the molecule is CC=C(c1ccc(-c2ccccn2)cc1)c1ccc(-c2ccccn2)cc1. The Morgan fingerprint density at radius 1 is 0.593 bits per heavy atom. The first kappa shape index (κ1) is 16.9. The molecule has 0 unspecified atom stereocenters. The highest BCUT2D eigenvalue weighted by Crippen LogP contribution is 2.27. The van der Waals surface area contributed by atoms with Gasteiger partial charge in [-0.15, -0.1) is 0 Å². The molecule has 0 aliphatic carbocycles. The molecule has 0 spiro atoms. The van der Waals surface area contributed by atoms with E-state index in [2.05, 4.69) is 71.5 Å². The third-order valence-corrected chi connectivity index (χ3v) is 4.60. The fourth-order valence-electron chi connectivity index (χ4n) is 3.21. The van der Waals surface area contributed by atoms with Crippen LogP contribution >= 0.6 is 0 Å². The van der Waals surface area contributed by atoms with Crippen molar-refractivity contribution in [1.29, 1.82) is 0 Å². The molecule has 2 heterocycles. The van der Waals surface area contributed by atoms with Crippen LogP contribution in [-0.4, -0.2) is 9.97 Å². The lowest BCUT2D eigenvalue weighted by atomic mass is 9.95. The molecular weight excluding hydrogens is 328 g/mol. The molecule has 0 aliphatic rings. The zero-order valence-corrected chi connectivity index (χ0v) is 15.2. The molecule has 0 N–H and O–H groups in total. The van der Waals surface area contributed by atoms with E-state index in [1.165, 1.54) is 16.7 Å². The molecule has 2 heteroatoms. The Labute approximate surface area is 159 Å². The fraction of sp³-hybridized carbons (Fsp3) is 0.0400. The standard InChI is InChI=1S/C25H20N2/c1-2-23(19-9-13-21(14-10-19)24-7-3-5-17-26-24)20-11-15-22(16-12-20)25-8-4-6-18-27-25/h2-18H,1H3. The van der Waals surface area contributed by atoms with Gasteiger partial charge >= 0.3 is 0 Å².